The largest absolute Gasteiger partial charge is 0.479 e. The summed E-state index contributed by atoms with van der Waals surface area (Å²) in [6.45, 7) is 3.97. The van der Waals surface area contributed by atoms with Gasteiger partial charge >= 0.3 is 0 Å². The van der Waals surface area contributed by atoms with Crippen molar-refractivity contribution < 1.29 is 4.74 Å². The summed E-state index contributed by atoms with van der Waals surface area (Å²) in [4.78, 5) is 4.30. The Kier molecular flexibility index (Phi) is 8.19. The lowest BCUT2D eigenvalue weighted by Crippen LogP contribution is -1.98. The molecule has 0 aliphatic carbocycles. The topological polar surface area (TPSA) is 21.6 Å². The molecule has 2 nitrogen and oxygen atoms in total. The third kappa shape index (κ3) is 6.86. The molecular formula is C14H27NO. The molecule has 0 aromatic carbocycles. The van der Waals surface area contributed by atoms with E-state index in [0.29, 0.717) is 0 Å². The predicted molar refractivity (Wildman–Crippen MR) is 70.1 cm³/mol. The van der Waals surface area contributed by atoms with Crippen LogP contribution in [0.3, 0.4) is 0 Å². The highest BCUT2D eigenvalue weighted by molar-refractivity contribution is 5.77. The Morgan fingerprint density at radius 1 is 0.938 bits per heavy atom. The minimum absolute atomic E-state index is 0.812. The van der Waals surface area contributed by atoms with Crippen molar-refractivity contribution in [2.45, 2.75) is 71.1 Å². The molecule has 0 bridgehead atoms. The maximum absolute atomic E-state index is 5.37. The van der Waals surface area contributed by atoms with Crippen molar-refractivity contribution in [3.05, 3.63) is 0 Å². The average molecular weight is 225 g/mol. The summed E-state index contributed by atoms with van der Waals surface area (Å²) >= 11 is 0. The Morgan fingerprint density at radius 2 is 1.56 bits per heavy atom. The normalized spacial score (nSPS) is 14.9. The van der Waals surface area contributed by atoms with Crippen molar-refractivity contribution in [2.75, 3.05) is 13.2 Å². The van der Waals surface area contributed by atoms with Crippen molar-refractivity contribution in [3.63, 3.8) is 0 Å². The molecule has 1 aliphatic heterocycles. The first-order valence-corrected chi connectivity index (χ1v) is 7.09. The van der Waals surface area contributed by atoms with Crippen LogP contribution in [0.15, 0.2) is 4.99 Å². The molecule has 0 radical (unpaired) electrons. The van der Waals surface area contributed by atoms with Gasteiger partial charge in [-0.15, -0.1) is 0 Å². The SMILES string of the molecule is CCCCCCCCCCCC1=NCCO1. The summed E-state index contributed by atoms with van der Waals surface area (Å²) in [5.41, 5.74) is 0. The third-order valence-corrected chi connectivity index (χ3v) is 3.14. The Balaban J connectivity index is 1.74. The van der Waals surface area contributed by atoms with Crippen LogP contribution in [0.5, 0.6) is 0 Å². The van der Waals surface area contributed by atoms with E-state index in [1.54, 1.807) is 0 Å². The van der Waals surface area contributed by atoms with E-state index in [2.05, 4.69) is 11.9 Å². The molecular weight excluding hydrogens is 198 g/mol. The fraction of sp³-hybridized carbons (Fsp3) is 0.929. The van der Waals surface area contributed by atoms with E-state index in [1.807, 2.05) is 0 Å². The van der Waals surface area contributed by atoms with Gasteiger partial charge in [0.25, 0.3) is 0 Å². The molecule has 0 unspecified atom stereocenters. The zero-order valence-corrected chi connectivity index (χ0v) is 10.8. The minimum atomic E-state index is 0.812. The number of nitrogens with zero attached hydrogens (tertiary/aromatic N) is 1. The van der Waals surface area contributed by atoms with Crippen molar-refractivity contribution in [1.29, 1.82) is 0 Å². The van der Waals surface area contributed by atoms with Crippen LogP contribution in [-0.2, 0) is 4.74 Å². The summed E-state index contributed by atoms with van der Waals surface area (Å²) < 4.78 is 5.37. The summed E-state index contributed by atoms with van der Waals surface area (Å²) in [6, 6.07) is 0. The lowest BCUT2D eigenvalue weighted by molar-refractivity contribution is 0.336. The third-order valence-electron chi connectivity index (χ3n) is 3.14. The van der Waals surface area contributed by atoms with Gasteiger partial charge in [0, 0.05) is 6.42 Å². The summed E-state index contributed by atoms with van der Waals surface area (Å²) in [6.07, 6.45) is 13.5. The molecule has 0 aromatic rings. The first kappa shape index (κ1) is 13.5. The fourth-order valence-electron chi connectivity index (χ4n) is 2.12. The summed E-state index contributed by atoms with van der Waals surface area (Å²) in [5, 5.41) is 0. The van der Waals surface area contributed by atoms with Crippen LogP contribution in [0, 0.1) is 0 Å². The van der Waals surface area contributed by atoms with E-state index in [9.17, 15) is 0 Å². The first-order valence-electron chi connectivity index (χ1n) is 7.09. The van der Waals surface area contributed by atoms with Gasteiger partial charge in [-0.2, -0.15) is 0 Å². The van der Waals surface area contributed by atoms with Gasteiger partial charge in [0.1, 0.15) is 6.61 Å². The Morgan fingerprint density at radius 3 is 2.12 bits per heavy atom. The lowest BCUT2D eigenvalue weighted by atomic mass is 10.1. The molecule has 0 saturated heterocycles. The molecule has 16 heavy (non-hydrogen) atoms. The predicted octanol–water partition coefficient (Wildman–Crippen LogP) is 4.34. The first-order chi connectivity index (χ1) is 7.93. The highest BCUT2D eigenvalue weighted by atomic mass is 16.5. The average Bonchev–Trinajstić information content (AvgIpc) is 2.80. The molecule has 0 amide bonds. The number of aliphatic imine (C=N–C) groups is 1. The van der Waals surface area contributed by atoms with Crippen LogP contribution in [0.1, 0.15) is 71.1 Å². The molecule has 0 saturated carbocycles. The quantitative estimate of drug-likeness (QED) is 0.507. The second-order valence-corrected chi connectivity index (χ2v) is 4.70. The number of ether oxygens (including phenoxy) is 1. The smallest absolute Gasteiger partial charge is 0.183 e. The lowest BCUT2D eigenvalue weighted by Gasteiger charge is -2.02. The minimum Gasteiger partial charge on any atom is -0.479 e. The molecule has 1 aliphatic rings. The Bertz CT molecular complexity index is 189. The van der Waals surface area contributed by atoms with Crippen LogP contribution < -0.4 is 0 Å². The second kappa shape index (κ2) is 9.68. The highest BCUT2D eigenvalue weighted by Crippen LogP contribution is 2.11. The van der Waals surface area contributed by atoms with Gasteiger partial charge in [-0.25, -0.2) is 0 Å². The molecule has 0 aromatic heterocycles. The fourth-order valence-corrected chi connectivity index (χ4v) is 2.12. The van der Waals surface area contributed by atoms with E-state index in [4.69, 9.17) is 4.74 Å². The standard InChI is InChI=1S/C14H27NO/c1-2-3-4-5-6-7-8-9-10-11-14-15-12-13-16-14/h2-13H2,1H3. The molecule has 0 spiro atoms. The number of hydrogen-bond donors (Lipinski definition) is 0. The monoisotopic (exact) mass is 225 g/mol. The number of hydrogen-bond acceptors (Lipinski definition) is 2. The molecule has 0 N–H and O–H groups in total. The maximum atomic E-state index is 5.37. The molecule has 2 heteroatoms. The molecule has 0 atom stereocenters. The molecule has 0 fully saturated rings. The zero-order valence-electron chi connectivity index (χ0n) is 10.8. The van der Waals surface area contributed by atoms with Crippen LogP contribution in [0.2, 0.25) is 0 Å². The Labute approximate surface area is 100 Å². The van der Waals surface area contributed by atoms with Crippen LogP contribution in [0.4, 0.5) is 0 Å². The van der Waals surface area contributed by atoms with Crippen molar-refractivity contribution in [2.24, 2.45) is 4.99 Å². The summed E-state index contributed by atoms with van der Waals surface area (Å²) in [5.74, 6) is 1.00. The van der Waals surface area contributed by atoms with Gasteiger partial charge in [0.05, 0.1) is 6.54 Å². The van der Waals surface area contributed by atoms with E-state index in [-0.39, 0.29) is 0 Å². The van der Waals surface area contributed by atoms with Crippen LogP contribution >= 0.6 is 0 Å². The second-order valence-electron chi connectivity index (χ2n) is 4.70. The van der Waals surface area contributed by atoms with E-state index in [0.717, 1.165) is 25.5 Å². The van der Waals surface area contributed by atoms with Crippen LogP contribution in [0.25, 0.3) is 0 Å². The van der Waals surface area contributed by atoms with Gasteiger partial charge < -0.3 is 4.74 Å². The maximum Gasteiger partial charge on any atom is 0.183 e. The molecule has 1 rings (SSSR count). The van der Waals surface area contributed by atoms with Crippen LogP contribution in [-0.4, -0.2) is 19.0 Å². The number of rotatable bonds is 10. The Hall–Kier alpha value is -0.530. The van der Waals surface area contributed by atoms with Gasteiger partial charge in [-0.05, 0) is 6.42 Å². The van der Waals surface area contributed by atoms with Gasteiger partial charge in [-0.1, -0.05) is 58.3 Å². The van der Waals surface area contributed by atoms with Gasteiger partial charge in [0.2, 0.25) is 0 Å². The van der Waals surface area contributed by atoms with E-state index in [1.165, 1.54) is 57.8 Å². The van der Waals surface area contributed by atoms with E-state index < -0.39 is 0 Å². The highest BCUT2D eigenvalue weighted by Gasteiger charge is 2.05. The van der Waals surface area contributed by atoms with E-state index >= 15 is 0 Å². The zero-order chi connectivity index (χ0) is 11.5. The van der Waals surface area contributed by atoms with Gasteiger partial charge in [-0.3, -0.25) is 4.99 Å². The number of unbranched alkanes of at least 4 members (excludes halogenated alkanes) is 8. The van der Waals surface area contributed by atoms with Crippen molar-refractivity contribution in [3.8, 4) is 0 Å². The molecule has 1 heterocycles. The summed E-state index contributed by atoms with van der Waals surface area (Å²) in [7, 11) is 0. The van der Waals surface area contributed by atoms with Gasteiger partial charge in [0.15, 0.2) is 5.90 Å². The van der Waals surface area contributed by atoms with Crippen molar-refractivity contribution in [1.82, 2.24) is 0 Å². The molecule has 94 valence electrons. The van der Waals surface area contributed by atoms with Crippen molar-refractivity contribution >= 4 is 5.90 Å².